The van der Waals surface area contributed by atoms with Crippen LogP contribution in [-0.2, 0) is 0 Å². The molecule has 0 saturated heterocycles. The molecule has 62 valence electrons. The van der Waals surface area contributed by atoms with E-state index in [1.54, 1.807) is 13.2 Å². The standard InChI is InChI=1S/C8H8N2OS/c1-11-6-4-8(12-5-6)7(10)2-3-9/h2,4-5H,10H2,1H3. The van der Waals surface area contributed by atoms with Crippen LogP contribution >= 0.6 is 11.3 Å². The van der Waals surface area contributed by atoms with E-state index in [1.165, 1.54) is 17.4 Å². The molecule has 0 aromatic carbocycles. The molecule has 0 fully saturated rings. The molecule has 12 heavy (non-hydrogen) atoms. The second kappa shape index (κ2) is 3.79. The largest absolute Gasteiger partial charge is 0.496 e. The lowest BCUT2D eigenvalue weighted by Gasteiger charge is -1.92. The molecule has 0 saturated carbocycles. The van der Waals surface area contributed by atoms with Crippen LogP contribution in [0.3, 0.4) is 0 Å². The van der Waals surface area contributed by atoms with E-state index in [2.05, 4.69) is 0 Å². The summed E-state index contributed by atoms with van der Waals surface area (Å²) < 4.78 is 4.97. The highest BCUT2D eigenvalue weighted by Crippen LogP contribution is 2.24. The van der Waals surface area contributed by atoms with Crippen LogP contribution in [0.4, 0.5) is 0 Å². The molecule has 0 bridgehead atoms. The van der Waals surface area contributed by atoms with Crippen LogP contribution in [0.5, 0.6) is 5.75 Å². The van der Waals surface area contributed by atoms with Gasteiger partial charge in [0.05, 0.1) is 23.8 Å². The van der Waals surface area contributed by atoms with Crippen LogP contribution in [0.1, 0.15) is 4.88 Å². The fraction of sp³-hybridized carbons (Fsp3) is 0.125. The van der Waals surface area contributed by atoms with E-state index in [0.29, 0.717) is 5.70 Å². The molecule has 1 aromatic heterocycles. The summed E-state index contributed by atoms with van der Waals surface area (Å²) in [5.74, 6) is 0.768. The van der Waals surface area contributed by atoms with Gasteiger partial charge in [0.2, 0.25) is 0 Å². The van der Waals surface area contributed by atoms with Crippen molar-refractivity contribution >= 4 is 17.0 Å². The zero-order valence-electron chi connectivity index (χ0n) is 6.57. The van der Waals surface area contributed by atoms with Crippen LogP contribution in [0, 0.1) is 11.3 Å². The predicted molar refractivity (Wildman–Crippen MR) is 48.6 cm³/mol. The minimum Gasteiger partial charge on any atom is -0.496 e. The minimum atomic E-state index is 0.478. The van der Waals surface area contributed by atoms with Gasteiger partial charge in [-0.05, 0) is 0 Å². The molecule has 3 nitrogen and oxygen atoms in total. The van der Waals surface area contributed by atoms with Gasteiger partial charge in [-0.25, -0.2) is 0 Å². The van der Waals surface area contributed by atoms with E-state index in [-0.39, 0.29) is 0 Å². The zero-order chi connectivity index (χ0) is 8.97. The average molecular weight is 180 g/mol. The Bertz CT molecular complexity index is 335. The van der Waals surface area contributed by atoms with Gasteiger partial charge in [0.15, 0.2) is 0 Å². The van der Waals surface area contributed by atoms with Gasteiger partial charge in [0.25, 0.3) is 0 Å². The predicted octanol–water partition coefficient (Wildman–Crippen LogP) is 1.58. The maximum atomic E-state index is 8.33. The maximum Gasteiger partial charge on any atom is 0.130 e. The molecule has 0 aliphatic rings. The summed E-state index contributed by atoms with van der Waals surface area (Å²) in [6.45, 7) is 0. The summed E-state index contributed by atoms with van der Waals surface area (Å²) in [5.41, 5.74) is 6.04. The number of rotatable bonds is 2. The first-order valence-electron chi connectivity index (χ1n) is 3.26. The molecule has 1 aromatic rings. The Balaban J connectivity index is 2.90. The number of allylic oxidation sites excluding steroid dienone is 1. The lowest BCUT2D eigenvalue weighted by atomic mass is 10.3. The van der Waals surface area contributed by atoms with Crippen molar-refractivity contribution in [3.05, 3.63) is 22.4 Å². The summed E-state index contributed by atoms with van der Waals surface area (Å²) >= 11 is 1.45. The topological polar surface area (TPSA) is 59.0 Å². The highest BCUT2D eigenvalue weighted by molar-refractivity contribution is 7.11. The van der Waals surface area contributed by atoms with Crippen molar-refractivity contribution in [1.29, 1.82) is 5.26 Å². The van der Waals surface area contributed by atoms with Gasteiger partial charge in [-0.15, -0.1) is 11.3 Å². The molecule has 0 aliphatic heterocycles. The van der Waals surface area contributed by atoms with Crippen molar-refractivity contribution in [2.75, 3.05) is 7.11 Å². The Labute approximate surface area is 74.7 Å². The van der Waals surface area contributed by atoms with Crippen molar-refractivity contribution in [3.63, 3.8) is 0 Å². The molecule has 1 heterocycles. The van der Waals surface area contributed by atoms with Crippen molar-refractivity contribution in [2.24, 2.45) is 5.73 Å². The van der Waals surface area contributed by atoms with Crippen LogP contribution < -0.4 is 10.5 Å². The molecule has 0 unspecified atom stereocenters. The third kappa shape index (κ3) is 1.77. The van der Waals surface area contributed by atoms with Crippen LogP contribution in [0.25, 0.3) is 5.70 Å². The smallest absolute Gasteiger partial charge is 0.130 e. The summed E-state index contributed by atoms with van der Waals surface area (Å²) in [6, 6.07) is 3.67. The fourth-order valence-corrected chi connectivity index (χ4v) is 1.50. The second-order valence-corrected chi connectivity index (χ2v) is 2.99. The zero-order valence-corrected chi connectivity index (χ0v) is 7.39. The van der Waals surface area contributed by atoms with Gasteiger partial charge < -0.3 is 10.5 Å². The number of hydrogen-bond acceptors (Lipinski definition) is 4. The van der Waals surface area contributed by atoms with E-state index in [1.807, 2.05) is 11.4 Å². The van der Waals surface area contributed by atoms with E-state index < -0.39 is 0 Å². The molecule has 0 amide bonds. The number of ether oxygens (including phenoxy) is 1. The number of thiophene rings is 1. The summed E-state index contributed by atoms with van der Waals surface area (Å²) in [7, 11) is 1.59. The Morgan fingerprint density at radius 2 is 2.58 bits per heavy atom. The highest BCUT2D eigenvalue weighted by atomic mass is 32.1. The third-order valence-electron chi connectivity index (χ3n) is 1.32. The Morgan fingerprint density at radius 1 is 1.83 bits per heavy atom. The highest BCUT2D eigenvalue weighted by Gasteiger charge is 2.01. The summed E-state index contributed by atoms with van der Waals surface area (Å²) in [4.78, 5) is 0.855. The first kappa shape index (κ1) is 8.62. The summed E-state index contributed by atoms with van der Waals surface area (Å²) in [6.07, 6.45) is 1.31. The van der Waals surface area contributed by atoms with E-state index in [0.717, 1.165) is 10.6 Å². The molecule has 1 rings (SSSR count). The van der Waals surface area contributed by atoms with Gasteiger partial charge in [-0.1, -0.05) is 0 Å². The van der Waals surface area contributed by atoms with Gasteiger partial charge in [0.1, 0.15) is 5.75 Å². The normalized spacial score (nSPS) is 10.8. The Kier molecular flexibility index (Phi) is 2.72. The molecular formula is C8H8N2OS. The number of nitriles is 1. The van der Waals surface area contributed by atoms with Crippen molar-refractivity contribution in [1.82, 2.24) is 0 Å². The number of methoxy groups -OCH3 is 1. The number of nitrogens with two attached hydrogens (primary N) is 1. The molecule has 0 radical (unpaired) electrons. The first-order chi connectivity index (χ1) is 5.77. The average Bonchev–Trinajstić information content (AvgIpc) is 2.52. The van der Waals surface area contributed by atoms with Gasteiger partial charge in [0, 0.05) is 17.5 Å². The lowest BCUT2D eigenvalue weighted by Crippen LogP contribution is -1.91. The summed E-state index contributed by atoms with van der Waals surface area (Å²) in [5, 5.41) is 10.2. The van der Waals surface area contributed by atoms with Gasteiger partial charge in [-0.2, -0.15) is 5.26 Å². The van der Waals surface area contributed by atoms with Crippen molar-refractivity contribution in [3.8, 4) is 11.8 Å². The first-order valence-corrected chi connectivity index (χ1v) is 4.14. The number of hydrogen-bond donors (Lipinski definition) is 1. The van der Waals surface area contributed by atoms with E-state index in [4.69, 9.17) is 15.7 Å². The quantitative estimate of drug-likeness (QED) is 0.703. The third-order valence-corrected chi connectivity index (χ3v) is 2.27. The van der Waals surface area contributed by atoms with Gasteiger partial charge in [-0.3, -0.25) is 0 Å². The van der Waals surface area contributed by atoms with Crippen LogP contribution in [0.2, 0.25) is 0 Å². The second-order valence-electron chi connectivity index (χ2n) is 2.08. The molecule has 0 aliphatic carbocycles. The van der Waals surface area contributed by atoms with Gasteiger partial charge >= 0.3 is 0 Å². The van der Waals surface area contributed by atoms with Crippen molar-refractivity contribution < 1.29 is 4.74 Å². The lowest BCUT2D eigenvalue weighted by molar-refractivity contribution is 0.416. The SMILES string of the molecule is COc1csc(C(N)=CC#N)c1. The minimum absolute atomic E-state index is 0.478. The Hall–Kier alpha value is -1.47. The molecule has 0 atom stereocenters. The molecular weight excluding hydrogens is 172 g/mol. The Morgan fingerprint density at radius 3 is 3.08 bits per heavy atom. The molecule has 2 N–H and O–H groups in total. The monoisotopic (exact) mass is 180 g/mol. The van der Waals surface area contributed by atoms with E-state index >= 15 is 0 Å². The van der Waals surface area contributed by atoms with Crippen LogP contribution in [-0.4, -0.2) is 7.11 Å². The van der Waals surface area contributed by atoms with Crippen molar-refractivity contribution in [2.45, 2.75) is 0 Å². The molecule has 4 heteroatoms. The van der Waals surface area contributed by atoms with Crippen LogP contribution in [0.15, 0.2) is 17.5 Å². The molecule has 0 spiro atoms. The van der Waals surface area contributed by atoms with E-state index in [9.17, 15) is 0 Å². The number of nitrogens with zero attached hydrogens (tertiary/aromatic N) is 1. The maximum absolute atomic E-state index is 8.33. The fourth-order valence-electron chi connectivity index (χ4n) is 0.718.